The number of methoxy groups -OCH3 is 2. The van der Waals surface area contributed by atoms with E-state index in [0.29, 0.717) is 10.8 Å². The number of benzene rings is 4. The van der Waals surface area contributed by atoms with Gasteiger partial charge in [-0.2, -0.15) is 0 Å². The molecule has 1 N–H and O–H groups in total. The summed E-state index contributed by atoms with van der Waals surface area (Å²) in [7, 11) is -1.48. The molecule has 0 heterocycles. The van der Waals surface area contributed by atoms with Gasteiger partial charge in [-0.3, -0.25) is 13.9 Å². The number of nitrogens with one attached hydrogen (secondary N) is 1. The number of carbonyl (C=O) groups is 2. The third kappa shape index (κ3) is 9.38. The van der Waals surface area contributed by atoms with Gasteiger partial charge in [-0.1, -0.05) is 89.3 Å². The van der Waals surface area contributed by atoms with E-state index < -0.39 is 28.5 Å². The first-order valence-electron chi connectivity index (χ1n) is 16.5. The molecule has 0 aromatic heterocycles. The summed E-state index contributed by atoms with van der Waals surface area (Å²) in [6, 6.07) is 26.6. The van der Waals surface area contributed by atoms with Gasteiger partial charge in [-0.25, -0.2) is 8.42 Å². The van der Waals surface area contributed by atoms with E-state index in [4.69, 9.17) is 21.1 Å². The lowest BCUT2D eigenvalue weighted by atomic mass is 9.94. The van der Waals surface area contributed by atoms with Crippen molar-refractivity contribution in [3.8, 4) is 11.5 Å². The van der Waals surface area contributed by atoms with E-state index in [1.54, 1.807) is 24.3 Å². The molecular formula is C38H41BrClN3O6S. The van der Waals surface area contributed by atoms with E-state index in [1.165, 1.54) is 37.3 Å². The summed E-state index contributed by atoms with van der Waals surface area (Å²) in [6.45, 7) is -0.511. The minimum Gasteiger partial charge on any atom is -0.493 e. The first-order chi connectivity index (χ1) is 24.1. The van der Waals surface area contributed by atoms with Gasteiger partial charge in [0.15, 0.2) is 11.5 Å². The molecule has 0 bridgehead atoms. The molecule has 1 unspecified atom stereocenters. The number of carbonyl (C=O) groups excluding carboxylic acids is 2. The second-order valence-electron chi connectivity index (χ2n) is 12.2. The Bertz CT molecular complexity index is 1850. The summed E-state index contributed by atoms with van der Waals surface area (Å²) in [4.78, 5) is 30.4. The van der Waals surface area contributed by atoms with Gasteiger partial charge in [0.25, 0.3) is 10.0 Å². The van der Waals surface area contributed by atoms with Crippen LogP contribution in [0.25, 0.3) is 0 Å². The van der Waals surface area contributed by atoms with Crippen molar-refractivity contribution < 1.29 is 27.5 Å². The fourth-order valence-corrected chi connectivity index (χ4v) is 7.95. The minimum atomic E-state index is -4.36. The van der Waals surface area contributed by atoms with Gasteiger partial charge in [0, 0.05) is 34.6 Å². The quantitative estimate of drug-likeness (QED) is 0.143. The van der Waals surface area contributed by atoms with Gasteiger partial charge < -0.3 is 19.7 Å². The highest BCUT2D eigenvalue weighted by atomic mass is 79.9. The molecule has 0 saturated heterocycles. The second-order valence-corrected chi connectivity index (χ2v) is 15.4. The zero-order valence-corrected chi connectivity index (χ0v) is 31.2. The number of amides is 2. The molecule has 1 saturated carbocycles. The number of anilines is 1. The summed E-state index contributed by atoms with van der Waals surface area (Å²) >= 11 is 9.67. The molecule has 2 amide bonds. The van der Waals surface area contributed by atoms with Crippen molar-refractivity contribution in [1.82, 2.24) is 10.2 Å². The Morgan fingerprint density at radius 3 is 2.16 bits per heavy atom. The topological polar surface area (TPSA) is 105 Å². The molecule has 1 atom stereocenters. The minimum absolute atomic E-state index is 0.00940. The van der Waals surface area contributed by atoms with Crippen molar-refractivity contribution >= 4 is 55.1 Å². The lowest BCUT2D eigenvalue weighted by Gasteiger charge is -2.35. The second kappa shape index (κ2) is 17.2. The number of hydrogen-bond acceptors (Lipinski definition) is 6. The highest BCUT2D eigenvalue weighted by Gasteiger charge is 2.35. The third-order valence-corrected chi connectivity index (χ3v) is 11.4. The zero-order valence-electron chi connectivity index (χ0n) is 28.1. The fraction of sp³-hybridized carbons (Fsp3) is 0.316. The Balaban J connectivity index is 1.57. The summed E-state index contributed by atoms with van der Waals surface area (Å²) in [5.41, 5.74) is 1.88. The van der Waals surface area contributed by atoms with Crippen molar-refractivity contribution in [2.45, 2.75) is 62.0 Å². The van der Waals surface area contributed by atoms with E-state index >= 15 is 0 Å². The average molecular weight is 783 g/mol. The van der Waals surface area contributed by atoms with E-state index in [-0.39, 0.29) is 41.2 Å². The Labute approximate surface area is 307 Å². The SMILES string of the molecule is COc1ccc(S(=O)(=O)N(CC(=O)N(Cc2ccc(Br)cc2)C(Cc2ccccc2)C(=O)NC2CCCCC2)c2ccc(Cl)cc2)cc1OC. The lowest BCUT2D eigenvalue weighted by Crippen LogP contribution is -2.55. The van der Waals surface area contributed by atoms with Crippen LogP contribution in [0.4, 0.5) is 5.69 Å². The third-order valence-electron chi connectivity index (χ3n) is 8.83. The Hall–Kier alpha value is -4.06. The van der Waals surface area contributed by atoms with Crippen LogP contribution in [0.5, 0.6) is 11.5 Å². The van der Waals surface area contributed by atoms with Gasteiger partial charge >= 0.3 is 0 Å². The van der Waals surface area contributed by atoms with Crippen molar-refractivity contribution in [3.63, 3.8) is 0 Å². The average Bonchev–Trinajstić information content (AvgIpc) is 3.13. The van der Waals surface area contributed by atoms with Gasteiger partial charge in [0.1, 0.15) is 12.6 Å². The van der Waals surface area contributed by atoms with Crippen LogP contribution in [0.1, 0.15) is 43.2 Å². The van der Waals surface area contributed by atoms with Crippen molar-refractivity contribution in [2.75, 3.05) is 25.1 Å². The van der Waals surface area contributed by atoms with Crippen molar-refractivity contribution in [3.05, 3.63) is 118 Å². The molecule has 1 aliphatic rings. The van der Waals surface area contributed by atoms with Crippen LogP contribution in [0.15, 0.2) is 106 Å². The number of nitrogens with zero attached hydrogens (tertiary/aromatic N) is 2. The van der Waals surface area contributed by atoms with Crippen LogP contribution in [0.3, 0.4) is 0 Å². The maximum absolute atomic E-state index is 14.8. The van der Waals surface area contributed by atoms with Crippen LogP contribution in [-0.2, 0) is 32.6 Å². The molecule has 50 heavy (non-hydrogen) atoms. The normalized spacial score (nSPS) is 14.0. The van der Waals surface area contributed by atoms with Crippen molar-refractivity contribution in [1.29, 1.82) is 0 Å². The molecule has 5 rings (SSSR count). The van der Waals surface area contributed by atoms with Crippen LogP contribution < -0.4 is 19.1 Å². The monoisotopic (exact) mass is 781 g/mol. The van der Waals surface area contributed by atoms with Gasteiger partial charge in [0.2, 0.25) is 11.8 Å². The van der Waals surface area contributed by atoms with Crippen LogP contribution >= 0.6 is 27.5 Å². The lowest BCUT2D eigenvalue weighted by molar-refractivity contribution is -0.140. The van der Waals surface area contributed by atoms with E-state index in [0.717, 1.165) is 52.0 Å². The fourth-order valence-electron chi connectivity index (χ4n) is 6.13. The number of rotatable bonds is 14. The predicted octanol–water partition coefficient (Wildman–Crippen LogP) is 7.40. The zero-order chi connectivity index (χ0) is 35.7. The number of sulfonamides is 1. The summed E-state index contributed by atoms with van der Waals surface area (Å²) in [6.07, 6.45) is 5.17. The molecule has 9 nitrogen and oxygen atoms in total. The highest BCUT2D eigenvalue weighted by molar-refractivity contribution is 9.10. The van der Waals surface area contributed by atoms with Crippen LogP contribution in [0, 0.1) is 0 Å². The molecular weight excluding hydrogens is 742 g/mol. The van der Waals surface area contributed by atoms with Crippen LogP contribution in [-0.4, -0.2) is 58.0 Å². The predicted molar refractivity (Wildman–Crippen MR) is 199 cm³/mol. The molecule has 264 valence electrons. The van der Waals surface area contributed by atoms with Crippen LogP contribution in [0.2, 0.25) is 5.02 Å². The summed E-state index contributed by atoms with van der Waals surface area (Å²) in [5.74, 6) is -0.247. The Morgan fingerprint density at radius 1 is 0.860 bits per heavy atom. The molecule has 0 spiro atoms. The molecule has 12 heteroatoms. The largest absolute Gasteiger partial charge is 0.493 e. The molecule has 4 aromatic carbocycles. The summed E-state index contributed by atoms with van der Waals surface area (Å²) in [5, 5.41) is 3.63. The summed E-state index contributed by atoms with van der Waals surface area (Å²) < 4.78 is 41.5. The molecule has 0 aliphatic heterocycles. The van der Waals surface area contributed by atoms with Gasteiger partial charge in [-0.05, 0) is 72.5 Å². The van der Waals surface area contributed by atoms with E-state index in [2.05, 4.69) is 21.2 Å². The van der Waals surface area contributed by atoms with E-state index in [9.17, 15) is 18.0 Å². The standard InChI is InChI=1S/C38H41BrClN3O6S/c1-48-35-22-21-33(24-36(35)49-2)50(46,47)43(32-19-17-30(40)18-20-32)26-37(44)42(25-28-13-15-29(39)16-14-28)34(23-27-9-5-3-6-10-27)38(45)41-31-11-7-4-8-12-31/h3,5-6,9-10,13-22,24,31,34H,4,7-8,11-12,23,25-26H2,1-2H3,(H,41,45). The highest BCUT2D eigenvalue weighted by Crippen LogP contribution is 2.33. The first-order valence-corrected chi connectivity index (χ1v) is 19.1. The maximum Gasteiger partial charge on any atom is 0.264 e. The first kappa shape index (κ1) is 37.2. The van der Waals surface area contributed by atoms with Gasteiger partial charge in [0.05, 0.1) is 24.8 Å². The number of ether oxygens (including phenoxy) is 2. The Kier molecular flexibility index (Phi) is 12.8. The van der Waals surface area contributed by atoms with Gasteiger partial charge in [-0.15, -0.1) is 0 Å². The molecule has 0 radical (unpaired) electrons. The molecule has 1 aliphatic carbocycles. The maximum atomic E-state index is 14.8. The number of halogens is 2. The van der Waals surface area contributed by atoms with E-state index in [1.807, 2.05) is 54.6 Å². The molecule has 1 fully saturated rings. The Morgan fingerprint density at radius 2 is 1.52 bits per heavy atom. The molecule has 4 aromatic rings. The smallest absolute Gasteiger partial charge is 0.264 e. The van der Waals surface area contributed by atoms with Crippen molar-refractivity contribution in [2.24, 2.45) is 0 Å². The number of hydrogen-bond donors (Lipinski definition) is 1.